The van der Waals surface area contributed by atoms with Gasteiger partial charge >= 0.3 is 0 Å². The summed E-state index contributed by atoms with van der Waals surface area (Å²) in [4.78, 5) is 28.4. The van der Waals surface area contributed by atoms with Crippen molar-refractivity contribution in [3.8, 4) is 0 Å². The molecule has 2 atom stereocenters. The van der Waals surface area contributed by atoms with E-state index in [0.29, 0.717) is 25.6 Å². The van der Waals surface area contributed by atoms with Crippen molar-refractivity contribution in [3.63, 3.8) is 0 Å². The molecule has 2 amide bonds. The van der Waals surface area contributed by atoms with E-state index < -0.39 is 0 Å². The van der Waals surface area contributed by atoms with Crippen molar-refractivity contribution in [3.05, 3.63) is 71.8 Å². The van der Waals surface area contributed by atoms with Crippen LogP contribution in [0.3, 0.4) is 0 Å². The fraction of sp³-hybridized carbons (Fsp3) is 0.417. The summed E-state index contributed by atoms with van der Waals surface area (Å²) in [6.07, 6.45) is 0.992. The third-order valence-electron chi connectivity index (χ3n) is 6.01. The number of nitrogens with one attached hydrogen (secondary N) is 2. The van der Waals surface area contributed by atoms with Gasteiger partial charge in [0.25, 0.3) is 11.8 Å². The molecule has 5 nitrogen and oxygen atoms in total. The van der Waals surface area contributed by atoms with Crippen LogP contribution in [0.15, 0.2) is 60.7 Å². The van der Waals surface area contributed by atoms with E-state index in [9.17, 15) is 9.59 Å². The fourth-order valence-corrected chi connectivity index (χ4v) is 3.98. The van der Waals surface area contributed by atoms with Crippen LogP contribution >= 0.6 is 0 Å². The lowest BCUT2D eigenvalue weighted by molar-refractivity contribution is -0.917. The molecule has 0 spiro atoms. The molecule has 1 saturated heterocycles. The van der Waals surface area contributed by atoms with E-state index in [1.165, 1.54) is 10.5 Å². The van der Waals surface area contributed by atoms with Crippen molar-refractivity contribution in [2.24, 2.45) is 0 Å². The largest absolute Gasteiger partial charge is 0.350 e. The van der Waals surface area contributed by atoms with Gasteiger partial charge in [0.15, 0.2) is 6.04 Å². The van der Waals surface area contributed by atoms with Gasteiger partial charge in [0.05, 0.1) is 26.2 Å². The Morgan fingerprint density at radius 1 is 1.00 bits per heavy atom. The van der Waals surface area contributed by atoms with Crippen LogP contribution in [-0.4, -0.2) is 55.5 Å². The normalized spacial score (nSPS) is 16.8. The minimum Gasteiger partial charge on any atom is -0.350 e. The van der Waals surface area contributed by atoms with Crippen LogP contribution < -0.4 is 10.2 Å². The maximum Gasteiger partial charge on any atom is 0.278 e. The molecule has 1 fully saturated rings. The van der Waals surface area contributed by atoms with Gasteiger partial charge in [-0.05, 0) is 31.0 Å². The summed E-state index contributed by atoms with van der Waals surface area (Å²) in [5, 5.41) is 3.15. The predicted octanol–water partition coefficient (Wildman–Crippen LogP) is 1.73. The third kappa shape index (κ3) is 5.45. The molecule has 0 bridgehead atoms. The third-order valence-corrected chi connectivity index (χ3v) is 6.01. The van der Waals surface area contributed by atoms with Gasteiger partial charge in [0.1, 0.15) is 0 Å². The monoisotopic (exact) mass is 394 g/mol. The highest BCUT2D eigenvalue weighted by Gasteiger charge is 2.31. The number of benzene rings is 2. The number of nitrogens with zero attached hydrogens (tertiary/aromatic N) is 1. The van der Waals surface area contributed by atoms with Crippen molar-refractivity contribution in [1.82, 2.24) is 10.2 Å². The van der Waals surface area contributed by atoms with E-state index in [1.807, 2.05) is 60.4 Å². The van der Waals surface area contributed by atoms with Gasteiger partial charge in [-0.15, -0.1) is 0 Å². The van der Waals surface area contributed by atoms with Gasteiger partial charge in [0, 0.05) is 18.0 Å². The summed E-state index contributed by atoms with van der Waals surface area (Å²) in [5.74, 6) is 0.510. The topological polar surface area (TPSA) is 53.9 Å². The maximum atomic E-state index is 12.7. The second-order valence-corrected chi connectivity index (χ2v) is 7.80. The van der Waals surface area contributed by atoms with E-state index in [2.05, 4.69) is 24.4 Å². The van der Waals surface area contributed by atoms with Crippen LogP contribution in [0.25, 0.3) is 0 Å². The lowest BCUT2D eigenvalue weighted by Gasteiger charge is -2.35. The van der Waals surface area contributed by atoms with E-state index in [4.69, 9.17) is 0 Å². The summed E-state index contributed by atoms with van der Waals surface area (Å²) in [7, 11) is 0. The summed E-state index contributed by atoms with van der Waals surface area (Å²) in [6.45, 7) is 7.76. The summed E-state index contributed by atoms with van der Waals surface area (Å²) in [5.41, 5.74) is 2.00. The highest BCUT2D eigenvalue weighted by molar-refractivity contribution is 5.94. The molecule has 0 aliphatic carbocycles. The van der Waals surface area contributed by atoms with Crippen molar-refractivity contribution in [1.29, 1.82) is 0 Å². The summed E-state index contributed by atoms with van der Waals surface area (Å²) in [6, 6.07) is 19.6. The molecular formula is C24H32N3O2+. The number of piperazine rings is 1. The Labute approximate surface area is 173 Å². The minimum absolute atomic E-state index is 0.0791. The zero-order chi connectivity index (χ0) is 20.6. The first-order valence-electron chi connectivity index (χ1n) is 10.6. The second kappa shape index (κ2) is 10.2. The Hall–Kier alpha value is -2.66. The average molecular weight is 395 g/mol. The molecule has 2 aromatic carbocycles. The zero-order valence-corrected chi connectivity index (χ0v) is 17.4. The van der Waals surface area contributed by atoms with E-state index >= 15 is 0 Å². The van der Waals surface area contributed by atoms with Gasteiger partial charge < -0.3 is 15.1 Å². The Morgan fingerprint density at radius 3 is 2.17 bits per heavy atom. The lowest BCUT2D eigenvalue weighted by atomic mass is 9.96. The standard InChI is InChI=1S/C24H31N3O2/c1-3-20(21-10-6-4-7-11-21)18-25-23(28)19(2)26-14-16-27(17-15-26)24(29)22-12-8-5-9-13-22/h4-13,19-20H,3,14-18H2,1-2H3,(H,25,28)/p+1/t19-,20+/m1/s1. The molecule has 2 aromatic rings. The van der Waals surface area contributed by atoms with Gasteiger partial charge in [-0.25, -0.2) is 0 Å². The van der Waals surface area contributed by atoms with Gasteiger partial charge in [-0.3, -0.25) is 9.59 Å². The van der Waals surface area contributed by atoms with Gasteiger partial charge in [-0.2, -0.15) is 0 Å². The number of carbonyl (C=O) groups is 2. The second-order valence-electron chi connectivity index (χ2n) is 7.80. The molecule has 1 heterocycles. The Balaban J connectivity index is 1.48. The van der Waals surface area contributed by atoms with Crippen molar-refractivity contribution >= 4 is 11.8 Å². The van der Waals surface area contributed by atoms with Crippen molar-refractivity contribution < 1.29 is 14.5 Å². The van der Waals surface area contributed by atoms with E-state index in [1.54, 1.807) is 0 Å². The SMILES string of the molecule is CC[C@@H](CNC(=O)[C@@H](C)[NH+]1CCN(C(=O)c2ccccc2)CC1)c1ccccc1. The first-order valence-corrected chi connectivity index (χ1v) is 10.6. The molecule has 5 heteroatoms. The number of quaternary nitrogens is 1. The van der Waals surface area contributed by atoms with Crippen LogP contribution in [0.5, 0.6) is 0 Å². The van der Waals surface area contributed by atoms with Crippen LogP contribution in [0, 0.1) is 0 Å². The number of hydrogen-bond donors (Lipinski definition) is 2. The maximum absolute atomic E-state index is 12.7. The first kappa shape index (κ1) is 21.1. The minimum atomic E-state index is -0.114. The Kier molecular flexibility index (Phi) is 7.42. The fourth-order valence-electron chi connectivity index (χ4n) is 3.98. The lowest BCUT2D eigenvalue weighted by Crippen LogP contribution is -3.19. The number of hydrogen-bond acceptors (Lipinski definition) is 2. The van der Waals surface area contributed by atoms with Crippen LogP contribution in [0.1, 0.15) is 42.1 Å². The number of amides is 2. The molecule has 3 rings (SSSR count). The van der Waals surface area contributed by atoms with E-state index in [-0.39, 0.29) is 17.9 Å². The Morgan fingerprint density at radius 2 is 1.59 bits per heavy atom. The molecule has 29 heavy (non-hydrogen) atoms. The predicted molar refractivity (Wildman–Crippen MR) is 115 cm³/mol. The molecule has 154 valence electrons. The molecule has 0 radical (unpaired) electrons. The number of carbonyl (C=O) groups excluding carboxylic acids is 2. The first-order chi connectivity index (χ1) is 14.1. The molecule has 0 aromatic heterocycles. The molecule has 1 aliphatic heterocycles. The van der Waals surface area contributed by atoms with Crippen LogP contribution in [-0.2, 0) is 4.79 Å². The highest BCUT2D eigenvalue weighted by Crippen LogP contribution is 2.17. The smallest absolute Gasteiger partial charge is 0.278 e. The molecule has 0 unspecified atom stereocenters. The Bertz CT molecular complexity index is 786. The molecule has 2 N–H and O–H groups in total. The average Bonchev–Trinajstić information content (AvgIpc) is 2.79. The van der Waals surface area contributed by atoms with Gasteiger partial charge in [0.2, 0.25) is 0 Å². The van der Waals surface area contributed by atoms with E-state index in [0.717, 1.165) is 25.1 Å². The van der Waals surface area contributed by atoms with Gasteiger partial charge in [-0.1, -0.05) is 55.5 Å². The molecular weight excluding hydrogens is 362 g/mol. The highest BCUT2D eigenvalue weighted by atomic mass is 16.2. The summed E-state index contributed by atoms with van der Waals surface area (Å²) < 4.78 is 0. The quantitative estimate of drug-likeness (QED) is 0.751. The molecule has 1 aliphatic rings. The van der Waals surface area contributed by atoms with Crippen LogP contribution in [0.2, 0.25) is 0 Å². The van der Waals surface area contributed by atoms with Crippen LogP contribution in [0.4, 0.5) is 0 Å². The summed E-state index contributed by atoms with van der Waals surface area (Å²) >= 11 is 0. The van der Waals surface area contributed by atoms with Crippen molar-refractivity contribution in [2.75, 3.05) is 32.7 Å². The van der Waals surface area contributed by atoms with Crippen molar-refractivity contribution in [2.45, 2.75) is 32.2 Å². The molecule has 0 saturated carbocycles. The number of rotatable bonds is 7. The zero-order valence-electron chi connectivity index (χ0n) is 17.4.